The molecule has 12 heteroatoms. The van der Waals surface area contributed by atoms with Crippen LogP contribution in [-0.2, 0) is 19.6 Å². The molecule has 3 N–H and O–H groups in total. The Bertz CT molecular complexity index is 1570. The Balaban J connectivity index is 0.000000359. The average molecular weight is 608 g/mol. The van der Waals surface area contributed by atoms with Crippen molar-refractivity contribution in [2.45, 2.75) is 25.7 Å². The number of para-hydroxylation sites is 4. The molecule has 0 atom stereocenters. The molecule has 43 heavy (non-hydrogen) atoms. The lowest BCUT2D eigenvalue weighted by Crippen LogP contribution is -2.40. The van der Waals surface area contributed by atoms with Gasteiger partial charge in [-0.25, -0.2) is 8.42 Å². The molecule has 1 saturated heterocycles. The van der Waals surface area contributed by atoms with Gasteiger partial charge >= 0.3 is 0 Å². The van der Waals surface area contributed by atoms with Crippen molar-refractivity contribution in [1.29, 1.82) is 0 Å². The fourth-order valence-electron chi connectivity index (χ4n) is 4.34. The van der Waals surface area contributed by atoms with Crippen LogP contribution in [0.25, 0.3) is 0 Å². The molecule has 1 fully saturated rings. The Morgan fingerprint density at radius 3 is 2.19 bits per heavy atom. The molecule has 0 spiro atoms. The van der Waals surface area contributed by atoms with Gasteiger partial charge in [-0.05, 0) is 69.3 Å². The molecule has 0 aromatic heterocycles. The predicted octanol–water partition coefficient (Wildman–Crippen LogP) is 4.49. The van der Waals surface area contributed by atoms with E-state index in [1.807, 2.05) is 62.4 Å². The number of carbonyl (C=O) groups excluding carboxylic acids is 1. The van der Waals surface area contributed by atoms with E-state index in [1.54, 1.807) is 25.3 Å². The van der Waals surface area contributed by atoms with Gasteiger partial charge in [0.2, 0.25) is 10.0 Å². The van der Waals surface area contributed by atoms with Gasteiger partial charge in [0.05, 0.1) is 59.7 Å². The molecular formula is C31H37N5O6S. The Morgan fingerprint density at radius 2 is 1.53 bits per heavy atom. The number of rotatable bonds is 9. The van der Waals surface area contributed by atoms with Crippen LogP contribution in [0.15, 0.2) is 94.6 Å². The van der Waals surface area contributed by atoms with Crippen molar-refractivity contribution in [2.24, 2.45) is 5.10 Å². The predicted molar refractivity (Wildman–Crippen MR) is 168 cm³/mol. The van der Waals surface area contributed by atoms with Crippen LogP contribution in [0.5, 0.6) is 11.5 Å². The molecule has 3 aromatic rings. The molecule has 0 bridgehead atoms. The minimum absolute atomic E-state index is 0.172. The number of sulfonamides is 1. The van der Waals surface area contributed by atoms with Crippen LogP contribution < -0.4 is 25.5 Å². The van der Waals surface area contributed by atoms with Crippen molar-refractivity contribution < 1.29 is 27.4 Å². The minimum Gasteiger partial charge on any atom is -0.492 e. The summed E-state index contributed by atoms with van der Waals surface area (Å²) < 4.78 is 43.1. The maximum Gasteiger partial charge on any atom is 0.282 e. The summed E-state index contributed by atoms with van der Waals surface area (Å²) in [6, 6.07) is 21.1. The first-order valence-electron chi connectivity index (χ1n) is 14.0. The molecule has 0 radical (unpaired) electrons. The number of morpholine rings is 1. The highest BCUT2D eigenvalue weighted by Gasteiger charge is 2.30. The van der Waals surface area contributed by atoms with Gasteiger partial charge in [0.15, 0.2) is 0 Å². The van der Waals surface area contributed by atoms with Crippen LogP contribution in [0, 0.1) is 0 Å². The van der Waals surface area contributed by atoms with E-state index in [-0.39, 0.29) is 10.8 Å². The Labute approximate surface area is 252 Å². The minimum atomic E-state index is -3.60. The van der Waals surface area contributed by atoms with Crippen LogP contribution in [0.2, 0.25) is 0 Å². The van der Waals surface area contributed by atoms with Crippen molar-refractivity contribution in [3.8, 4) is 11.5 Å². The first-order valence-corrected chi connectivity index (χ1v) is 15.4. The van der Waals surface area contributed by atoms with Crippen LogP contribution in [0.1, 0.15) is 20.8 Å². The normalized spacial score (nSPS) is 16.3. The number of carbonyl (C=O) groups is 1. The highest BCUT2D eigenvalue weighted by Crippen LogP contribution is 2.28. The number of hydrogen-bond donors (Lipinski definition) is 2. The number of ether oxygens (including phenoxy) is 3. The summed E-state index contributed by atoms with van der Waals surface area (Å²) in [7, 11) is -3.60. The quantitative estimate of drug-likeness (QED) is 0.268. The van der Waals surface area contributed by atoms with E-state index >= 15 is 0 Å². The lowest BCUT2D eigenvalue weighted by molar-refractivity contribution is -0.114. The monoisotopic (exact) mass is 607 g/mol. The van der Waals surface area contributed by atoms with E-state index in [0.717, 1.165) is 11.4 Å². The van der Waals surface area contributed by atoms with Gasteiger partial charge in [-0.3, -0.25) is 4.79 Å². The Kier molecular flexibility index (Phi) is 10.8. The number of anilines is 3. The average Bonchev–Trinajstić information content (AvgIpc) is 3.31. The van der Waals surface area contributed by atoms with Gasteiger partial charge in [0, 0.05) is 19.3 Å². The van der Waals surface area contributed by atoms with Crippen molar-refractivity contribution in [3.63, 3.8) is 0 Å². The fraction of sp³-hybridized carbons (Fsp3) is 0.290. The van der Waals surface area contributed by atoms with Crippen molar-refractivity contribution in [2.75, 3.05) is 55.6 Å². The van der Waals surface area contributed by atoms with Crippen LogP contribution in [-0.4, -0.2) is 63.9 Å². The maximum absolute atomic E-state index is 13.0. The van der Waals surface area contributed by atoms with Crippen LogP contribution >= 0.6 is 0 Å². The Morgan fingerprint density at radius 1 is 0.930 bits per heavy atom. The first kappa shape index (κ1) is 31.5. The second kappa shape index (κ2) is 14.7. The highest BCUT2D eigenvalue weighted by molar-refractivity contribution is 7.89. The molecule has 2 aliphatic heterocycles. The van der Waals surface area contributed by atoms with E-state index in [0.29, 0.717) is 67.9 Å². The number of hydrazone groups is 1. The Hall–Kier alpha value is -4.39. The standard InChI is InChI=1S/C23H26N4O5S.C8H11NO/c1-3-32-22-7-5-4-6-21(22)24-16-20-17(2)25-27(23(20)28)18-8-10-19(11-9-18)33(29,30)26-12-14-31-15-13-26;1-2-10-8-6-4-3-5-7(8)9/h4-11,16,24H,3,12-15H2,1-2H3;3-6H,2,9H2,1H3/b20-16+;. The third-order valence-electron chi connectivity index (χ3n) is 6.53. The smallest absolute Gasteiger partial charge is 0.282 e. The number of amides is 1. The number of nitrogens with two attached hydrogens (primary N) is 1. The number of hydrogen-bond acceptors (Lipinski definition) is 9. The van der Waals surface area contributed by atoms with Crippen LogP contribution in [0.4, 0.5) is 17.1 Å². The van der Waals surface area contributed by atoms with Gasteiger partial charge in [-0.15, -0.1) is 0 Å². The molecular weight excluding hydrogens is 570 g/mol. The molecule has 2 heterocycles. The van der Waals surface area contributed by atoms with Crippen molar-refractivity contribution in [3.05, 3.63) is 84.6 Å². The maximum atomic E-state index is 13.0. The molecule has 2 aliphatic rings. The summed E-state index contributed by atoms with van der Waals surface area (Å²) >= 11 is 0. The second-order valence-corrected chi connectivity index (χ2v) is 11.4. The summed E-state index contributed by atoms with van der Waals surface area (Å²) in [5.41, 5.74) is 8.46. The first-order chi connectivity index (χ1) is 20.8. The van der Waals surface area contributed by atoms with E-state index < -0.39 is 10.0 Å². The molecule has 0 unspecified atom stereocenters. The molecule has 228 valence electrons. The SMILES string of the molecule is CCOc1ccccc1N.CCOc1ccccc1N/C=C1/C(=O)N(c2ccc(S(=O)(=O)N3CCOCC3)cc2)N=C1C. The summed E-state index contributed by atoms with van der Waals surface area (Å²) in [4.78, 5) is 13.2. The van der Waals surface area contributed by atoms with Crippen molar-refractivity contribution in [1.82, 2.24) is 4.31 Å². The zero-order valence-electron chi connectivity index (χ0n) is 24.5. The molecule has 11 nitrogen and oxygen atoms in total. The summed E-state index contributed by atoms with van der Waals surface area (Å²) in [6.07, 6.45) is 1.61. The molecule has 5 rings (SSSR count). The summed E-state index contributed by atoms with van der Waals surface area (Å²) in [5, 5.41) is 8.75. The van der Waals surface area contributed by atoms with E-state index in [1.165, 1.54) is 21.4 Å². The topological polar surface area (TPSA) is 136 Å². The van der Waals surface area contributed by atoms with Crippen molar-refractivity contribution >= 4 is 38.7 Å². The highest BCUT2D eigenvalue weighted by atomic mass is 32.2. The second-order valence-electron chi connectivity index (χ2n) is 9.42. The fourth-order valence-corrected chi connectivity index (χ4v) is 5.75. The number of nitrogens with zero attached hydrogens (tertiary/aromatic N) is 3. The van der Waals surface area contributed by atoms with Gasteiger partial charge in [-0.2, -0.15) is 14.4 Å². The number of nitrogens with one attached hydrogen (secondary N) is 1. The van der Waals surface area contributed by atoms with Gasteiger partial charge in [-0.1, -0.05) is 24.3 Å². The van der Waals surface area contributed by atoms with E-state index in [9.17, 15) is 13.2 Å². The molecule has 0 aliphatic carbocycles. The van der Waals surface area contributed by atoms with Crippen LogP contribution in [0.3, 0.4) is 0 Å². The lowest BCUT2D eigenvalue weighted by atomic mass is 10.2. The number of nitrogen functional groups attached to an aromatic ring is 1. The largest absolute Gasteiger partial charge is 0.492 e. The van der Waals surface area contributed by atoms with E-state index in [2.05, 4.69) is 10.4 Å². The zero-order chi connectivity index (χ0) is 30.8. The number of benzene rings is 3. The molecule has 1 amide bonds. The third kappa shape index (κ3) is 7.72. The van der Waals surface area contributed by atoms with Gasteiger partial charge < -0.3 is 25.3 Å². The van der Waals surface area contributed by atoms with Gasteiger partial charge in [0.25, 0.3) is 5.91 Å². The molecule has 0 saturated carbocycles. The summed E-state index contributed by atoms with van der Waals surface area (Å²) in [6.45, 7) is 8.19. The lowest BCUT2D eigenvalue weighted by Gasteiger charge is -2.26. The van der Waals surface area contributed by atoms with Gasteiger partial charge in [0.1, 0.15) is 11.5 Å². The molecule has 3 aromatic carbocycles. The summed E-state index contributed by atoms with van der Waals surface area (Å²) in [5.74, 6) is 1.15. The third-order valence-corrected chi connectivity index (χ3v) is 8.44. The van der Waals surface area contributed by atoms with E-state index in [4.69, 9.17) is 19.9 Å². The zero-order valence-corrected chi connectivity index (χ0v) is 25.3.